The van der Waals surface area contributed by atoms with Gasteiger partial charge in [-0.3, -0.25) is 4.57 Å². The molecule has 0 spiro atoms. The van der Waals surface area contributed by atoms with Crippen molar-refractivity contribution in [2.45, 2.75) is 13.3 Å². The Kier molecular flexibility index (Phi) is 4.52. The van der Waals surface area contributed by atoms with Gasteiger partial charge < -0.3 is 10.1 Å². The molecule has 0 fully saturated rings. The summed E-state index contributed by atoms with van der Waals surface area (Å²) in [4.78, 5) is 4.24. The van der Waals surface area contributed by atoms with E-state index in [-0.39, 0.29) is 5.82 Å². The fourth-order valence-electron chi connectivity index (χ4n) is 1.92. The summed E-state index contributed by atoms with van der Waals surface area (Å²) in [5.74, 6) is 0.468. The lowest BCUT2D eigenvalue weighted by Gasteiger charge is -2.10. The number of nitrogens with zero attached hydrogens (tertiary/aromatic N) is 2. The van der Waals surface area contributed by atoms with Crippen LogP contribution < -0.4 is 5.32 Å². The number of hydrogen-bond acceptors (Lipinski definition) is 3. The lowest BCUT2D eigenvalue weighted by Crippen LogP contribution is -2.09. The Morgan fingerprint density at radius 1 is 1.37 bits per heavy atom. The normalized spacial score (nSPS) is 10.7. The molecule has 0 aliphatic heterocycles. The fourth-order valence-corrected chi connectivity index (χ4v) is 1.92. The Morgan fingerprint density at radius 2 is 2.21 bits per heavy atom. The van der Waals surface area contributed by atoms with Crippen LogP contribution in [-0.2, 0) is 4.74 Å². The van der Waals surface area contributed by atoms with Crippen LogP contribution in [0.4, 0.5) is 10.3 Å². The minimum absolute atomic E-state index is 0.242. The van der Waals surface area contributed by atoms with Crippen molar-refractivity contribution in [1.29, 1.82) is 0 Å². The van der Waals surface area contributed by atoms with Crippen LogP contribution in [0.3, 0.4) is 0 Å². The van der Waals surface area contributed by atoms with E-state index in [2.05, 4.69) is 10.3 Å². The molecule has 0 unspecified atom stereocenters. The maximum atomic E-state index is 13.4. The Balaban J connectivity index is 2.14. The van der Waals surface area contributed by atoms with E-state index in [1.165, 1.54) is 12.1 Å². The van der Waals surface area contributed by atoms with Crippen molar-refractivity contribution in [3.63, 3.8) is 0 Å². The van der Waals surface area contributed by atoms with Crippen molar-refractivity contribution < 1.29 is 9.13 Å². The highest BCUT2D eigenvalue weighted by atomic mass is 19.1. The van der Waals surface area contributed by atoms with E-state index in [0.717, 1.165) is 24.2 Å². The van der Waals surface area contributed by atoms with E-state index >= 15 is 0 Å². The van der Waals surface area contributed by atoms with Crippen LogP contribution in [0.1, 0.15) is 12.0 Å². The maximum absolute atomic E-state index is 13.4. The van der Waals surface area contributed by atoms with Crippen LogP contribution in [0.25, 0.3) is 5.69 Å². The van der Waals surface area contributed by atoms with Crippen molar-refractivity contribution in [3.8, 4) is 5.69 Å². The first-order valence-electron chi connectivity index (χ1n) is 6.24. The second kappa shape index (κ2) is 6.33. The van der Waals surface area contributed by atoms with Crippen molar-refractivity contribution >= 4 is 5.95 Å². The Morgan fingerprint density at radius 3 is 2.95 bits per heavy atom. The monoisotopic (exact) mass is 263 g/mol. The molecule has 1 aromatic heterocycles. The molecular weight excluding hydrogens is 245 g/mol. The van der Waals surface area contributed by atoms with Gasteiger partial charge in [0.1, 0.15) is 5.82 Å². The van der Waals surface area contributed by atoms with Gasteiger partial charge in [-0.15, -0.1) is 0 Å². The SMILES string of the molecule is COCCCNc1nccn1-c1cc(C)cc(F)c1. The number of anilines is 1. The minimum atomic E-state index is -0.242. The standard InChI is InChI=1S/C14H18FN3O/c1-11-8-12(15)10-13(9-11)18-6-5-17-14(18)16-4-3-7-19-2/h5-6,8-10H,3-4,7H2,1-2H3,(H,16,17). The first-order chi connectivity index (χ1) is 9.20. The first kappa shape index (κ1) is 13.5. The van der Waals surface area contributed by atoms with E-state index in [4.69, 9.17) is 4.74 Å². The molecule has 19 heavy (non-hydrogen) atoms. The zero-order valence-electron chi connectivity index (χ0n) is 11.2. The zero-order valence-corrected chi connectivity index (χ0v) is 11.2. The summed E-state index contributed by atoms with van der Waals surface area (Å²) < 4.78 is 20.3. The van der Waals surface area contributed by atoms with Crippen molar-refractivity contribution in [1.82, 2.24) is 9.55 Å². The number of aromatic nitrogens is 2. The Hall–Kier alpha value is -1.88. The maximum Gasteiger partial charge on any atom is 0.207 e. The van der Waals surface area contributed by atoms with Crippen LogP contribution in [0.2, 0.25) is 0 Å². The molecule has 102 valence electrons. The number of halogens is 1. The van der Waals surface area contributed by atoms with Gasteiger partial charge in [0.15, 0.2) is 0 Å². The Bertz CT molecular complexity index is 519. The van der Waals surface area contributed by atoms with E-state index in [1.54, 1.807) is 13.3 Å². The molecule has 0 aliphatic rings. The fraction of sp³-hybridized carbons (Fsp3) is 0.357. The summed E-state index contributed by atoms with van der Waals surface area (Å²) in [6, 6.07) is 4.92. The van der Waals surface area contributed by atoms with E-state index in [1.807, 2.05) is 23.8 Å². The number of hydrogen-bond donors (Lipinski definition) is 1. The van der Waals surface area contributed by atoms with E-state index in [9.17, 15) is 4.39 Å². The van der Waals surface area contributed by atoms with Crippen LogP contribution in [0, 0.1) is 12.7 Å². The molecule has 0 bridgehead atoms. The average Bonchev–Trinajstić information content (AvgIpc) is 2.82. The molecule has 1 heterocycles. The van der Waals surface area contributed by atoms with Crippen LogP contribution in [-0.4, -0.2) is 29.8 Å². The smallest absolute Gasteiger partial charge is 0.207 e. The summed E-state index contributed by atoms with van der Waals surface area (Å²) in [5.41, 5.74) is 1.65. The molecule has 0 amide bonds. The number of aryl methyl sites for hydroxylation is 1. The number of benzene rings is 1. The highest BCUT2D eigenvalue weighted by molar-refractivity contribution is 5.43. The molecule has 1 N–H and O–H groups in total. The molecule has 5 heteroatoms. The van der Waals surface area contributed by atoms with Crippen molar-refractivity contribution in [3.05, 3.63) is 42.0 Å². The lowest BCUT2D eigenvalue weighted by atomic mass is 10.2. The summed E-state index contributed by atoms with van der Waals surface area (Å²) in [7, 11) is 1.68. The van der Waals surface area contributed by atoms with Gasteiger partial charge in [-0.1, -0.05) is 0 Å². The third-order valence-corrected chi connectivity index (χ3v) is 2.75. The third kappa shape index (κ3) is 3.54. The molecule has 2 aromatic rings. The quantitative estimate of drug-likeness (QED) is 0.814. The average molecular weight is 263 g/mol. The van der Waals surface area contributed by atoms with Crippen LogP contribution in [0.15, 0.2) is 30.6 Å². The molecule has 0 saturated heterocycles. The molecule has 2 rings (SSSR count). The zero-order chi connectivity index (χ0) is 13.7. The van der Waals surface area contributed by atoms with Gasteiger partial charge in [-0.2, -0.15) is 0 Å². The minimum Gasteiger partial charge on any atom is -0.385 e. The number of methoxy groups -OCH3 is 1. The number of rotatable bonds is 6. The molecule has 4 nitrogen and oxygen atoms in total. The number of ether oxygens (including phenoxy) is 1. The summed E-state index contributed by atoms with van der Waals surface area (Å²) in [5, 5.41) is 3.21. The summed E-state index contributed by atoms with van der Waals surface area (Å²) >= 11 is 0. The molecule has 0 aliphatic carbocycles. The second-order valence-electron chi connectivity index (χ2n) is 4.38. The highest BCUT2D eigenvalue weighted by Crippen LogP contribution is 2.17. The van der Waals surface area contributed by atoms with Gasteiger partial charge in [0.05, 0.1) is 5.69 Å². The van der Waals surface area contributed by atoms with Gasteiger partial charge in [-0.05, 0) is 37.1 Å². The molecular formula is C14H18FN3O. The van der Waals surface area contributed by atoms with E-state index < -0.39 is 0 Å². The van der Waals surface area contributed by atoms with Gasteiger partial charge >= 0.3 is 0 Å². The number of imidazole rings is 1. The van der Waals surface area contributed by atoms with Gasteiger partial charge in [0.2, 0.25) is 5.95 Å². The van der Waals surface area contributed by atoms with E-state index in [0.29, 0.717) is 12.6 Å². The molecule has 0 radical (unpaired) electrons. The summed E-state index contributed by atoms with van der Waals surface area (Å²) in [6.07, 6.45) is 4.40. The largest absolute Gasteiger partial charge is 0.385 e. The molecule has 1 aromatic carbocycles. The molecule has 0 saturated carbocycles. The van der Waals surface area contributed by atoms with Crippen LogP contribution >= 0.6 is 0 Å². The number of nitrogens with one attached hydrogen (secondary N) is 1. The molecule has 0 atom stereocenters. The predicted octanol–water partition coefficient (Wildman–Crippen LogP) is 2.77. The Labute approximate surface area is 112 Å². The second-order valence-corrected chi connectivity index (χ2v) is 4.38. The van der Waals surface area contributed by atoms with Gasteiger partial charge in [0.25, 0.3) is 0 Å². The lowest BCUT2D eigenvalue weighted by molar-refractivity contribution is 0.197. The summed E-state index contributed by atoms with van der Waals surface area (Å²) in [6.45, 7) is 3.33. The van der Waals surface area contributed by atoms with Gasteiger partial charge in [-0.25, -0.2) is 9.37 Å². The van der Waals surface area contributed by atoms with Crippen molar-refractivity contribution in [2.75, 3.05) is 25.6 Å². The first-order valence-corrected chi connectivity index (χ1v) is 6.24. The van der Waals surface area contributed by atoms with Crippen molar-refractivity contribution in [2.24, 2.45) is 0 Å². The van der Waals surface area contributed by atoms with Crippen LogP contribution in [0.5, 0.6) is 0 Å². The topological polar surface area (TPSA) is 39.1 Å². The van der Waals surface area contributed by atoms with Gasteiger partial charge in [0, 0.05) is 32.7 Å². The highest BCUT2D eigenvalue weighted by Gasteiger charge is 2.06. The predicted molar refractivity (Wildman–Crippen MR) is 73.2 cm³/mol. The third-order valence-electron chi connectivity index (χ3n) is 2.75.